The van der Waals surface area contributed by atoms with Crippen LogP contribution in [0.2, 0.25) is 0 Å². The van der Waals surface area contributed by atoms with Crippen molar-refractivity contribution >= 4 is 22.3 Å². The highest BCUT2D eigenvalue weighted by molar-refractivity contribution is 7.87. The molecule has 1 aliphatic rings. The summed E-state index contributed by atoms with van der Waals surface area (Å²) in [6.07, 6.45) is -7.40. The monoisotopic (exact) mass is 334 g/mol. The average molecular weight is 334 g/mol. The van der Waals surface area contributed by atoms with Crippen molar-refractivity contribution in [2.45, 2.75) is 19.5 Å². The van der Waals surface area contributed by atoms with Gasteiger partial charge in [0.05, 0.1) is 6.61 Å². The summed E-state index contributed by atoms with van der Waals surface area (Å²) < 4.78 is 68.1. The van der Waals surface area contributed by atoms with Gasteiger partial charge < -0.3 is 9.84 Å². The highest BCUT2D eigenvalue weighted by Gasteiger charge is 2.65. The minimum absolute atomic E-state index is 0.136. The number of alkyl halides is 3. The van der Waals surface area contributed by atoms with Crippen LogP contribution in [0, 0.1) is 5.41 Å². The van der Waals surface area contributed by atoms with Crippen LogP contribution >= 0.6 is 0 Å². The smallest absolute Gasteiger partial charge is 0.421 e. The lowest BCUT2D eigenvalue weighted by Crippen LogP contribution is -2.49. The molecule has 0 aromatic carbocycles. The summed E-state index contributed by atoms with van der Waals surface area (Å²) in [5.74, 6) is -2.16. The second-order valence-electron chi connectivity index (χ2n) is 4.30. The van der Waals surface area contributed by atoms with Gasteiger partial charge in [-0.1, -0.05) is 0 Å². The Hall–Kier alpha value is -1.56. The Labute approximate surface area is 118 Å². The fourth-order valence-corrected chi connectivity index (χ4v) is 2.96. The van der Waals surface area contributed by atoms with Gasteiger partial charge in [0, 0.05) is 13.1 Å². The van der Waals surface area contributed by atoms with E-state index in [2.05, 4.69) is 4.74 Å². The molecule has 0 aromatic rings. The van der Waals surface area contributed by atoms with Gasteiger partial charge in [-0.2, -0.15) is 25.9 Å². The average Bonchev–Trinajstić information content (AvgIpc) is 2.74. The van der Waals surface area contributed by atoms with E-state index in [1.807, 2.05) is 0 Å². The summed E-state index contributed by atoms with van der Waals surface area (Å²) in [5.41, 5.74) is -3.18. The Kier molecular flexibility index (Phi) is 4.73. The SMILES string of the molecule is CCOC(=O)NS(=O)(=O)N1CCC(C(=O)O)(C(F)(F)F)C1. The van der Waals surface area contributed by atoms with E-state index in [1.54, 1.807) is 0 Å². The molecule has 0 saturated carbocycles. The Balaban J connectivity index is 2.95. The molecule has 122 valence electrons. The maximum Gasteiger partial charge on any atom is 0.421 e. The lowest BCUT2D eigenvalue weighted by molar-refractivity contribution is -0.226. The van der Waals surface area contributed by atoms with Crippen molar-refractivity contribution in [2.24, 2.45) is 5.41 Å². The van der Waals surface area contributed by atoms with Gasteiger partial charge in [-0.15, -0.1) is 0 Å². The fourth-order valence-electron chi connectivity index (χ4n) is 1.84. The first-order valence-corrected chi connectivity index (χ1v) is 7.15. The third kappa shape index (κ3) is 3.37. The molecule has 0 bridgehead atoms. The zero-order valence-corrected chi connectivity index (χ0v) is 11.6. The third-order valence-electron chi connectivity index (χ3n) is 3.01. The number of nitrogens with one attached hydrogen (secondary N) is 1. The zero-order chi connectivity index (χ0) is 16.5. The number of amides is 1. The highest BCUT2D eigenvalue weighted by atomic mass is 32.2. The van der Waals surface area contributed by atoms with E-state index in [1.165, 1.54) is 11.6 Å². The molecule has 1 atom stereocenters. The number of hydrogen-bond acceptors (Lipinski definition) is 5. The number of rotatable bonds is 4. The molecule has 2 N–H and O–H groups in total. The molecule has 0 radical (unpaired) electrons. The van der Waals surface area contributed by atoms with Crippen molar-refractivity contribution in [2.75, 3.05) is 19.7 Å². The molecule has 0 aliphatic carbocycles. The molecule has 0 aromatic heterocycles. The summed E-state index contributed by atoms with van der Waals surface area (Å²) in [5, 5.41) is 8.80. The molecule has 1 saturated heterocycles. The van der Waals surface area contributed by atoms with Crippen molar-refractivity contribution in [3.05, 3.63) is 0 Å². The normalized spacial score (nSPS) is 23.8. The van der Waals surface area contributed by atoms with Gasteiger partial charge in [0.15, 0.2) is 5.41 Å². The number of halogens is 3. The van der Waals surface area contributed by atoms with Gasteiger partial charge in [-0.25, -0.2) is 9.52 Å². The summed E-state index contributed by atoms with van der Waals surface area (Å²) in [6.45, 7) is -0.717. The zero-order valence-electron chi connectivity index (χ0n) is 10.8. The molecule has 1 fully saturated rings. The van der Waals surface area contributed by atoms with E-state index < -0.39 is 53.4 Å². The first kappa shape index (κ1) is 17.5. The standard InChI is InChI=1S/C9H13F3N2O6S/c1-2-20-7(17)13-21(18,19)14-4-3-8(5-14,6(15)16)9(10,11)12/h2-5H2,1H3,(H,13,17)(H,15,16). The minimum Gasteiger partial charge on any atom is -0.481 e. The number of carboxylic acid groups (broad SMARTS) is 1. The molecule has 0 spiro atoms. The highest BCUT2D eigenvalue weighted by Crippen LogP contribution is 2.46. The predicted molar refractivity (Wildman–Crippen MR) is 61.4 cm³/mol. The van der Waals surface area contributed by atoms with Crippen LogP contribution in [0.1, 0.15) is 13.3 Å². The van der Waals surface area contributed by atoms with Gasteiger partial charge in [0.25, 0.3) is 0 Å². The van der Waals surface area contributed by atoms with E-state index in [0.717, 1.165) is 0 Å². The molecule has 8 nitrogen and oxygen atoms in total. The Bertz CT molecular complexity index is 534. The number of carboxylic acids is 1. The van der Waals surface area contributed by atoms with Crippen molar-refractivity contribution in [1.29, 1.82) is 0 Å². The van der Waals surface area contributed by atoms with Crippen LogP contribution in [0.15, 0.2) is 0 Å². The predicted octanol–water partition coefficient (Wildman–Crippen LogP) is 0.316. The number of aliphatic carboxylic acids is 1. The summed E-state index contributed by atoms with van der Waals surface area (Å²) in [7, 11) is -4.60. The molecule has 1 rings (SSSR count). The molecule has 12 heteroatoms. The third-order valence-corrected chi connectivity index (χ3v) is 4.43. The minimum atomic E-state index is -5.12. The molecule has 1 aliphatic heterocycles. The van der Waals surface area contributed by atoms with Crippen LogP contribution in [0.3, 0.4) is 0 Å². The van der Waals surface area contributed by atoms with Crippen LogP contribution in [0.5, 0.6) is 0 Å². The molecule has 1 heterocycles. The van der Waals surface area contributed by atoms with Gasteiger partial charge in [-0.05, 0) is 13.3 Å². The van der Waals surface area contributed by atoms with Crippen LogP contribution in [-0.4, -0.2) is 55.8 Å². The summed E-state index contributed by atoms with van der Waals surface area (Å²) in [4.78, 5) is 21.9. The van der Waals surface area contributed by atoms with E-state index in [4.69, 9.17) is 5.11 Å². The van der Waals surface area contributed by atoms with E-state index in [0.29, 0.717) is 0 Å². The van der Waals surface area contributed by atoms with Crippen LogP contribution in [0.4, 0.5) is 18.0 Å². The van der Waals surface area contributed by atoms with E-state index >= 15 is 0 Å². The van der Waals surface area contributed by atoms with Gasteiger partial charge in [0.1, 0.15) is 0 Å². The second kappa shape index (κ2) is 5.67. The van der Waals surface area contributed by atoms with Crippen molar-refractivity contribution in [1.82, 2.24) is 9.03 Å². The first-order valence-electron chi connectivity index (χ1n) is 5.71. The lowest BCUT2D eigenvalue weighted by Gasteiger charge is -2.27. The van der Waals surface area contributed by atoms with Crippen LogP contribution in [0.25, 0.3) is 0 Å². The van der Waals surface area contributed by atoms with Crippen molar-refractivity contribution in [3.8, 4) is 0 Å². The van der Waals surface area contributed by atoms with Crippen molar-refractivity contribution < 1.29 is 41.0 Å². The topological polar surface area (TPSA) is 113 Å². The molecular weight excluding hydrogens is 321 g/mol. The van der Waals surface area contributed by atoms with Crippen LogP contribution in [-0.2, 0) is 19.7 Å². The van der Waals surface area contributed by atoms with Gasteiger partial charge in [-0.3, -0.25) is 4.79 Å². The molecule has 21 heavy (non-hydrogen) atoms. The van der Waals surface area contributed by atoms with Gasteiger partial charge >= 0.3 is 28.4 Å². The second-order valence-corrected chi connectivity index (χ2v) is 5.97. The number of nitrogens with zero attached hydrogens (tertiary/aromatic N) is 1. The fraction of sp³-hybridized carbons (Fsp3) is 0.778. The number of ether oxygens (including phenoxy) is 1. The number of hydrogen-bond donors (Lipinski definition) is 2. The number of carbonyl (C=O) groups is 2. The van der Waals surface area contributed by atoms with E-state index in [-0.39, 0.29) is 10.9 Å². The molecule has 1 unspecified atom stereocenters. The Morgan fingerprint density at radius 3 is 2.38 bits per heavy atom. The van der Waals surface area contributed by atoms with Gasteiger partial charge in [0.2, 0.25) is 0 Å². The quantitative estimate of drug-likeness (QED) is 0.765. The lowest BCUT2D eigenvalue weighted by atomic mass is 9.86. The molecule has 1 amide bonds. The first-order chi connectivity index (χ1) is 9.46. The summed E-state index contributed by atoms with van der Waals surface area (Å²) >= 11 is 0. The Morgan fingerprint density at radius 1 is 1.43 bits per heavy atom. The van der Waals surface area contributed by atoms with Crippen molar-refractivity contribution in [3.63, 3.8) is 0 Å². The summed E-state index contributed by atoms with van der Waals surface area (Å²) in [6, 6.07) is 0. The van der Waals surface area contributed by atoms with E-state index in [9.17, 15) is 31.2 Å². The maximum atomic E-state index is 12.9. The molecular formula is C9H13F3N2O6S. The Morgan fingerprint density at radius 2 is 2.00 bits per heavy atom. The largest absolute Gasteiger partial charge is 0.481 e. The maximum absolute atomic E-state index is 12.9. The number of carbonyl (C=O) groups excluding carboxylic acids is 1. The van der Waals surface area contributed by atoms with Crippen LogP contribution < -0.4 is 4.72 Å².